The predicted molar refractivity (Wildman–Crippen MR) is 79.2 cm³/mol. The molecule has 0 radical (unpaired) electrons. The first-order chi connectivity index (χ1) is 9.88. The van der Waals surface area contributed by atoms with Crippen LogP contribution >= 0.6 is 0 Å². The van der Waals surface area contributed by atoms with Gasteiger partial charge in [0, 0.05) is 5.56 Å². The minimum Gasteiger partial charge on any atom is -0.488 e. The molecule has 100 valence electrons. The van der Waals surface area contributed by atoms with Gasteiger partial charge in [0.05, 0.1) is 12.0 Å². The Kier molecular flexibility index (Phi) is 3.69. The van der Waals surface area contributed by atoms with E-state index < -0.39 is 0 Å². The van der Waals surface area contributed by atoms with Crippen LogP contribution < -0.4 is 4.74 Å². The van der Waals surface area contributed by atoms with Crippen molar-refractivity contribution in [2.45, 2.75) is 25.4 Å². The Bertz CT molecular complexity index is 615. The lowest BCUT2D eigenvalue weighted by atomic mass is 10.0. The highest BCUT2D eigenvalue weighted by molar-refractivity contribution is 5.70. The molecular weight excluding hydrogens is 246 g/mol. The second-order valence-corrected chi connectivity index (χ2v) is 5.18. The Morgan fingerprint density at radius 1 is 0.950 bits per heavy atom. The summed E-state index contributed by atoms with van der Waals surface area (Å²) in [5.74, 6) is 0.907. The number of hydrogen-bond donors (Lipinski definition) is 0. The number of benzene rings is 2. The minimum absolute atomic E-state index is 0.0267. The van der Waals surface area contributed by atoms with E-state index >= 15 is 0 Å². The van der Waals surface area contributed by atoms with Crippen LogP contribution in [-0.2, 0) is 0 Å². The van der Waals surface area contributed by atoms with Crippen molar-refractivity contribution in [2.75, 3.05) is 0 Å². The van der Waals surface area contributed by atoms with Gasteiger partial charge in [-0.3, -0.25) is 0 Å². The molecule has 2 aromatic carbocycles. The molecule has 0 aliphatic heterocycles. The van der Waals surface area contributed by atoms with Crippen molar-refractivity contribution in [1.29, 1.82) is 5.26 Å². The van der Waals surface area contributed by atoms with Crippen LogP contribution in [0.1, 0.15) is 19.3 Å². The van der Waals surface area contributed by atoms with Crippen molar-refractivity contribution in [3.8, 4) is 22.9 Å². The summed E-state index contributed by atoms with van der Waals surface area (Å²) < 4.78 is 6.14. The quantitative estimate of drug-likeness (QED) is 0.821. The predicted octanol–water partition coefficient (Wildman–Crippen LogP) is 4.42. The normalized spacial score (nSPS) is 21.4. The number of ether oxygens (including phenoxy) is 1. The fraction of sp³-hybridized carbons (Fsp3) is 0.278. The molecule has 2 heteroatoms. The van der Waals surface area contributed by atoms with Crippen LogP contribution in [0.2, 0.25) is 0 Å². The first-order valence-corrected chi connectivity index (χ1v) is 7.09. The highest BCUT2D eigenvalue weighted by Crippen LogP contribution is 2.34. The molecule has 0 bridgehead atoms. The van der Waals surface area contributed by atoms with Gasteiger partial charge in [-0.25, -0.2) is 0 Å². The van der Waals surface area contributed by atoms with Crippen LogP contribution in [0.4, 0.5) is 0 Å². The summed E-state index contributed by atoms with van der Waals surface area (Å²) >= 11 is 0. The van der Waals surface area contributed by atoms with E-state index in [1.54, 1.807) is 0 Å². The molecule has 20 heavy (non-hydrogen) atoms. The van der Waals surface area contributed by atoms with E-state index in [0.717, 1.165) is 36.1 Å². The molecule has 0 N–H and O–H groups in total. The lowest BCUT2D eigenvalue weighted by Gasteiger charge is -2.19. The van der Waals surface area contributed by atoms with Crippen LogP contribution in [0, 0.1) is 17.2 Å². The molecule has 1 fully saturated rings. The van der Waals surface area contributed by atoms with Crippen molar-refractivity contribution in [2.24, 2.45) is 5.92 Å². The van der Waals surface area contributed by atoms with Crippen molar-refractivity contribution in [3.05, 3.63) is 54.6 Å². The topological polar surface area (TPSA) is 33.0 Å². The number of para-hydroxylation sites is 1. The van der Waals surface area contributed by atoms with E-state index in [-0.39, 0.29) is 12.0 Å². The third kappa shape index (κ3) is 2.53. The highest BCUT2D eigenvalue weighted by Gasteiger charge is 2.29. The van der Waals surface area contributed by atoms with E-state index in [4.69, 9.17) is 4.74 Å². The second kappa shape index (κ2) is 5.79. The number of nitrogens with zero attached hydrogens (tertiary/aromatic N) is 1. The first-order valence-electron chi connectivity index (χ1n) is 7.09. The Morgan fingerprint density at radius 3 is 2.50 bits per heavy atom. The van der Waals surface area contributed by atoms with Gasteiger partial charge in [-0.2, -0.15) is 5.26 Å². The van der Waals surface area contributed by atoms with Crippen molar-refractivity contribution >= 4 is 0 Å². The summed E-state index contributed by atoms with van der Waals surface area (Å²) in [6.45, 7) is 0. The maximum atomic E-state index is 9.17. The van der Waals surface area contributed by atoms with E-state index in [1.165, 1.54) is 0 Å². The average Bonchev–Trinajstić information content (AvgIpc) is 2.96. The molecule has 3 rings (SSSR count). The van der Waals surface area contributed by atoms with Crippen LogP contribution in [0.3, 0.4) is 0 Å². The zero-order chi connectivity index (χ0) is 13.8. The third-order valence-electron chi connectivity index (χ3n) is 3.87. The van der Waals surface area contributed by atoms with Gasteiger partial charge in [-0.05, 0) is 30.9 Å². The van der Waals surface area contributed by atoms with Gasteiger partial charge in [-0.1, -0.05) is 48.5 Å². The van der Waals surface area contributed by atoms with Gasteiger partial charge in [0.1, 0.15) is 11.9 Å². The Morgan fingerprint density at radius 2 is 1.70 bits per heavy atom. The smallest absolute Gasteiger partial charge is 0.127 e. The fourth-order valence-corrected chi connectivity index (χ4v) is 2.80. The van der Waals surface area contributed by atoms with Gasteiger partial charge in [-0.15, -0.1) is 0 Å². The van der Waals surface area contributed by atoms with Gasteiger partial charge in [0.2, 0.25) is 0 Å². The molecule has 2 atom stereocenters. The van der Waals surface area contributed by atoms with E-state index in [1.807, 2.05) is 36.4 Å². The van der Waals surface area contributed by atoms with Gasteiger partial charge in [0.15, 0.2) is 0 Å². The average molecular weight is 263 g/mol. The molecule has 1 aliphatic rings. The van der Waals surface area contributed by atoms with Crippen LogP contribution in [-0.4, -0.2) is 6.10 Å². The number of rotatable bonds is 3. The van der Waals surface area contributed by atoms with Crippen LogP contribution in [0.25, 0.3) is 11.1 Å². The molecule has 0 amide bonds. The molecule has 2 unspecified atom stereocenters. The standard InChI is InChI=1S/C18H17NO/c19-13-15-9-6-12-17(15)20-18-11-5-4-10-16(18)14-7-2-1-3-8-14/h1-5,7-8,10-11,15,17H,6,9,12H2. The summed E-state index contributed by atoms with van der Waals surface area (Å²) in [4.78, 5) is 0. The minimum atomic E-state index is 0.0267. The van der Waals surface area contributed by atoms with Crippen LogP contribution in [0.15, 0.2) is 54.6 Å². The Balaban J connectivity index is 1.89. The van der Waals surface area contributed by atoms with Crippen LogP contribution in [0.5, 0.6) is 5.75 Å². The zero-order valence-corrected chi connectivity index (χ0v) is 11.3. The monoisotopic (exact) mass is 263 g/mol. The van der Waals surface area contributed by atoms with Crippen molar-refractivity contribution in [3.63, 3.8) is 0 Å². The lowest BCUT2D eigenvalue weighted by Crippen LogP contribution is -2.20. The molecule has 0 heterocycles. The first kappa shape index (κ1) is 12.7. The lowest BCUT2D eigenvalue weighted by molar-refractivity contribution is 0.183. The van der Waals surface area contributed by atoms with Gasteiger partial charge >= 0.3 is 0 Å². The summed E-state index contributed by atoms with van der Waals surface area (Å²) in [5, 5.41) is 9.17. The summed E-state index contributed by atoms with van der Waals surface area (Å²) in [5.41, 5.74) is 2.24. The Labute approximate surface area is 119 Å². The van der Waals surface area contributed by atoms with Gasteiger partial charge < -0.3 is 4.74 Å². The molecule has 1 saturated carbocycles. The molecule has 0 saturated heterocycles. The van der Waals surface area contributed by atoms with E-state index in [2.05, 4.69) is 24.3 Å². The SMILES string of the molecule is N#CC1CCCC1Oc1ccccc1-c1ccccc1. The summed E-state index contributed by atoms with van der Waals surface area (Å²) in [7, 11) is 0. The second-order valence-electron chi connectivity index (χ2n) is 5.18. The number of nitriles is 1. The maximum Gasteiger partial charge on any atom is 0.127 e. The fourth-order valence-electron chi connectivity index (χ4n) is 2.80. The Hall–Kier alpha value is -2.27. The van der Waals surface area contributed by atoms with E-state index in [9.17, 15) is 5.26 Å². The molecule has 2 nitrogen and oxygen atoms in total. The van der Waals surface area contributed by atoms with E-state index in [0.29, 0.717) is 0 Å². The molecule has 2 aromatic rings. The summed E-state index contributed by atoms with van der Waals surface area (Å²) in [6, 6.07) is 20.7. The van der Waals surface area contributed by atoms with Gasteiger partial charge in [0.25, 0.3) is 0 Å². The van der Waals surface area contributed by atoms with Crippen molar-refractivity contribution < 1.29 is 4.74 Å². The zero-order valence-electron chi connectivity index (χ0n) is 11.3. The highest BCUT2D eigenvalue weighted by atomic mass is 16.5. The maximum absolute atomic E-state index is 9.17. The number of hydrogen-bond acceptors (Lipinski definition) is 2. The molecule has 0 aromatic heterocycles. The molecule has 1 aliphatic carbocycles. The van der Waals surface area contributed by atoms with Crippen molar-refractivity contribution in [1.82, 2.24) is 0 Å². The largest absolute Gasteiger partial charge is 0.488 e. The third-order valence-corrected chi connectivity index (χ3v) is 3.87. The molecule has 0 spiro atoms. The summed E-state index contributed by atoms with van der Waals surface area (Å²) in [6.07, 6.45) is 3.04. The molecular formula is C18H17NO.